The van der Waals surface area contributed by atoms with Crippen LogP contribution in [0.15, 0.2) is 40.3 Å². The van der Waals surface area contributed by atoms with Gasteiger partial charge < -0.3 is 10.1 Å². The summed E-state index contributed by atoms with van der Waals surface area (Å²) < 4.78 is 89.2. The second-order valence-corrected chi connectivity index (χ2v) is 7.69. The second kappa shape index (κ2) is 10.9. The molecule has 0 unspecified atom stereocenters. The van der Waals surface area contributed by atoms with E-state index < -0.39 is 70.9 Å². The first-order chi connectivity index (χ1) is 16.6. The number of carbonyl (C=O) groups is 1. The van der Waals surface area contributed by atoms with Gasteiger partial charge >= 0.3 is 5.69 Å². The molecule has 14 heteroatoms. The molecule has 0 saturated carbocycles. The van der Waals surface area contributed by atoms with Gasteiger partial charge in [0.05, 0.1) is 5.56 Å². The van der Waals surface area contributed by atoms with Crippen LogP contribution in [0.4, 0.5) is 32.0 Å². The van der Waals surface area contributed by atoms with E-state index in [4.69, 9.17) is 4.74 Å². The average molecular weight is 520 g/mol. The highest BCUT2D eigenvalue weighted by atomic mass is 32.2. The van der Waals surface area contributed by atoms with Gasteiger partial charge in [-0.1, -0.05) is 17.8 Å². The first-order valence-electron chi connectivity index (χ1n) is 9.96. The van der Waals surface area contributed by atoms with Crippen molar-refractivity contribution in [3.8, 4) is 11.4 Å². The number of hydrogen-bond donors (Lipinski definition) is 1. The number of halogens is 6. The molecule has 188 valence electrons. The predicted octanol–water partition coefficient (Wildman–Crippen LogP) is 4.43. The number of amides is 1. The van der Waals surface area contributed by atoms with Gasteiger partial charge in [-0.2, -0.15) is 4.68 Å². The normalized spacial score (nSPS) is 12.1. The van der Waals surface area contributed by atoms with Crippen LogP contribution in [0.2, 0.25) is 0 Å². The molecular weight excluding hydrogens is 502 g/mol. The quantitative estimate of drug-likeness (QED) is 0.334. The van der Waals surface area contributed by atoms with E-state index in [1.807, 2.05) is 5.32 Å². The number of nitrogens with one attached hydrogen (secondary N) is 1. The standard InChI is InChI=1S/C21H18F6N4O3S/c1-3-30-20(35-2)29-31(21(30)33)14-8-15(34-16(9-22)18(26)27)10(7-13(14)25)19(32)28-17-11(23)5-4-6-12(17)24/h4-8,16,18H,3,9H2,1-2H3,(H,28,32)/t16-/m0/s1. The van der Waals surface area contributed by atoms with Crippen LogP contribution in [-0.4, -0.2) is 45.7 Å². The monoisotopic (exact) mass is 520 g/mol. The number of aromatic nitrogens is 3. The van der Waals surface area contributed by atoms with Gasteiger partial charge in [0.15, 0.2) is 11.3 Å². The zero-order valence-electron chi connectivity index (χ0n) is 18.2. The summed E-state index contributed by atoms with van der Waals surface area (Å²) in [5, 5.41) is 6.07. The summed E-state index contributed by atoms with van der Waals surface area (Å²) in [4.78, 5) is 25.4. The highest BCUT2D eigenvalue weighted by molar-refractivity contribution is 7.98. The minimum absolute atomic E-state index is 0.185. The van der Waals surface area contributed by atoms with Crippen molar-refractivity contribution in [2.24, 2.45) is 0 Å². The molecule has 0 spiro atoms. The third-order valence-corrected chi connectivity index (χ3v) is 5.43. The highest BCUT2D eigenvalue weighted by Crippen LogP contribution is 2.29. The van der Waals surface area contributed by atoms with Crippen molar-refractivity contribution in [3.63, 3.8) is 0 Å². The van der Waals surface area contributed by atoms with E-state index in [1.54, 1.807) is 13.2 Å². The molecule has 0 aliphatic rings. The molecule has 0 fully saturated rings. The number of alkyl halides is 3. The van der Waals surface area contributed by atoms with E-state index in [2.05, 4.69) is 5.10 Å². The summed E-state index contributed by atoms with van der Waals surface area (Å²) in [6, 6.07) is 3.94. The van der Waals surface area contributed by atoms with Crippen molar-refractivity contribution in [2.75, 3.05) is 18.2 Å². The Morgan fingerprint density at radius 3 is 2.34 bits per heavy atom. The SMILES string of the molecule is CCn1c(SC)nn(-c2cc(O[C@@H](CF)C(F)F)c(C(=O)Nc3c(F)cccc3F)cc2F)c1=O. The molecule has 2 aromatic carbocycles. The third-order valence-electron chi connectivity index (χ3n) is 4.76. The third kappa shape index (κ3) is 5.31. The maximum Gasteiger partial charge on any atom is 0.351 e. The van der Waals surface area contributed by atoms with Crippen LogP contribution in [-0.2, 0) is 6.54 Å². The lowest BCUT2D eigenvalue weighted by Gasteiger charge is -2.19. The molecule has 3 aromatic rings. The summed E-state index contributed by atoms with van der Waals surface area (Å²) in [6.07, 6.45) is -4.07. The molecule has 3 rings (SSSR count). The first-order valence-corrected chi connectivity index (χ1v) is 11.2. The van der Waals surface area contributed by atoms with Crippen LogP contribution < -0.4 is 15.7 Å². The minimum Gasteiger partial charge on any atom is -0.481 e. The van der Waals surface area contributed by atoms with Crippen LogP contribution in [0.5, 0.6) is 5.75 Å². The minimum atomic E-state index is -3.33. The number of hydrogen-bond acceptors (Lipinski definition) is 5. The largest absolute Gasteiger partial charge is 0.481 e. The lowest BCUT2D eigenvalue weighted by atomic mass is 10.1. The molecule has 1 aromatic heterocycles. The van der Waals surface area contributed by atoms with Crippen LogP contribution in [0.1, 0.15) is 17.3 Å². The van der Waals surface area contributed by atoms with E-state index in [9.17, 15) is 31.5 Å². The van der Waals surface area contributed by atoms with E-state index >= 15 is 4.39 Å². The smallest absolute Gasteiger partial charge is 0.351 e. The molecular formula is C21H18F6N4O3S. The summed E-state index contributed by atoms with van der Waals surface area (Å²) in [6.45, 7) is 0.153. The number of anilines is 1. The Balaban J connectivity index is 2.15. The molecule has 0 radical (unpaired) electrons. The number of carbonyl (C=O) groups excluding carboxylic acids is 1. The Hall–Kier alpha value is -3.42. The van der Waals surface area contributed by atoms with Crippen LogP contribution in [0.3, 0.4) is 0 Å². The summed E-state index contributed by atoms with van der Waals surface area (Å²) in [5.41, 5.74) is -3.01. The van der Waals surface area contributed by atoms with Gasteiger partial charge in [-0.15, -0.1) is 5.10 Å². The van der Waals surface area contributed by atoms with Crippen molar-refractivity contribution in [3.05, 3.63) is 63.8 Å². The Bertz CT molecular complexity index is 1280. The lowest BCUT2D eigenvalue weighted by Crippen LogP contribution is -2.29. The van der Waals surface area contributed by atoms with Gasteiger partial charge in [-0.3, -0.25) is 9.36 Å². The fraction of sp³-hybridized carbons (Fsp3) is 0.286. The highest BCUT2D eigenvalue weighted by Gasteiger charge is 2.28. The van der Waals surface area contributed by atoms with E-state index in [0.29, 0.717) is 16.8 Å². The van der Waals surface area contributed by atoms with Gasteiger partial charge in [-0.05, 0) is 31.4 Å². The Morgan fingerprint density at radius 2 is 1.83 bits per heavy atom. The maximum atomic E-state index is 15.1. The predicted molar refractivity (Wildman–Crippen MR) is 116 cm³/mol. The summed E-state index contributed by atoms with van der Waals surface area (Å²) in [7, 11) is 0. The fourth-order valence-electron chi connectivity index (χ4n) is 3.05. The van der Waals surface area contributed by atoms with Gasteiger partial charge in [-0.25, -0.2) is 31.1 Å². The van der Waals surface area contributed by atoms with Crippen LogP contribution in [0.25, 0.3) is 5.69 Å². The summed E-state index contributed by atoms with van der Waals surface area (Å²) >= 11 is 1.08. The molecule has 1 amide bonds. The summed E-state index contributed by atoms with van der Waals surface area (Å²) in [5.74, 6) is -5.62. The first kappa shape index (κ1) is 26.2. The van der Waals surface area contributed by atoms with Crippen LogP contribution in [0, 0.1) is 17.5 Å². The number of ether oxygens (including phenoxy) is 1. The average Bonchev–Trinajstić information content (AvgIpc) is 3.15. The molecule has 0 bridgehead atoms. The van der Waals surface area contributed by atoms with Crippen molar-refractivity contribution in [2.45, 2.75) is 31.2 Å². The topological polar surface area (TPSA) is 78.2 Å². The van der Waals surface area contributed by atoms with Crippen molar-refractivity contribution in [1.29, 1.82) is 0 Å². The number of thioether (sulfide) groups is 1. The van der Waals surface area contributed by atoms with Crippen molar-refractivity contribution in [1.82, 2.24) is 14.3 Å². The van der Waals surface area contributed by atoms with Crippen molar-refractivity contribution >= 4 is 23.4 Å². The molecule has 1 heterocycles. The molecule has 7 nitrogen and oxygen atoms in total. The number of rotatable bonds is 9. The van der Waals surface area contributed by atoms with E-state index in [-0.39, 0.29) is 11.7 Å². The molecule has 0 saturated heterocycles. The second-order valence-electron chi connectivity index (χ2n) is 6.92. The Kier molecular flexibility index (Phi) is 8.14. The number of benzene rings is 2. The van der Waals surface area contributed by atoms with E-state index in [1.165, 1.54) is 4.57 Å². The molecule has 0 aliphatic heterocycles. The fourth-order valence-corrected chi connectivity index (χ4v) is 3.64. The van der Waals surface area contributed by atoms with Gasteiger partial charge in [0.25, 0.3) is 12.3 Å². The van der Waals surface area contributed by atoms with Crippen LogP contribution >= 0.6 is 11.8 Å². The molecule has 35 heavy (non-hydrogen) atoms. The molecule has 1 N–H and O–H groups in total. The Labute approximate surface area is 198 Å². The molecule has 1 atom stereocenters. The van der Waals surface area contributed by atoms with Gasteiger partial charge in [0.1, 0.15) is 41.3 Å². The Morgan fingerprint density at radius 1 is 1.17 bits per heavy atom. The van der Waals surface area contributed by atoms with Gasteiger partial charge in [0.2, 0.25) is 0 Å². The number of para-hydroxylation sites is 1. The zero-order valence-corrected chi connectivity index (χ0v) is 19.0. The maximum absolute atomic E-state index is 15.1. The van der Waals surface area contributed by atoms with E-state index in [0.717, 1.165) is 30.0 Å². The van der Waals surface area contributed by atoms with Gasteiger partial charge in [0, 0.05) is 12.6 Å². The molecule has 0 aliphatic carbocycles. The number of nitrogens with zero attached hydrogens (tertiary/aromatic N) is 3. The lowest BCUT2D eigenvalue weighted by molar-refractivity contribution is -0.00159. The van der Waals surface area contributed by atoms with Crippen molar-refractivity contribution < 1.29 is 35.9 Å². The zero-order chi connectivity index (χ0) is 25.9.